The van der Waals surface area contributed by atoms with Crippen LogP contribution in [-0.2, 0) is 0 Å². The molecule has 0 spiro atoms. The molecular weight excluding hydrogens is 286 g/mol. The summed E-state index contributed by atoms with van der Waals surface area (Å²) in [7, 11) is 1.90. The van der Waals surface area contributed by atoms with Gasteiger partial charge in [-0.05, 0) is 44.5 Å². The number of hydrogen-bond donors (Lipinski definition) is 1. The molecule has 20 heavy (non-hydrogen) atoms. The SMILES string of the molecule is CNCC1CCN(C(=O)c2cccc(F)c2F)CC1.Cl. The molecule has 1 amide bonds. The fourth-order valence-electron chi connectivity index (χ4n) is 2.47. The van der Waals surface area contributed by atoms with Crippen LogP contribution in [0.3, 0.4) is 0 Å². The first kappa shape index (κ1) is 16.9. The molecule has 112 valence electrons. The molecule has 0 aliphatic carbocycles. The fraction of sp³-hybridized carbons (Fsp3) is 0.500. The summed E-state index contributed by atoms with van der Waals surface area (Å²) in [4.78, 5) is 13.7. The summed E-state index contributed by atoms with van der Waals surface area (Å²) in [6, 6.07) is 3.71. The van der Waals surface area contributed by atoms with Gasteiger partial charge >= 0.3 is 0 Å². The lowest BCUT2D eigenvalue weighted by atomic mass is 9.96. The van der Waals surface area contributed by atoms with Crippen molar-refractivity contribution in [3.63, 3.8) is 0 Å². The van der Waals surface area contributed by atoms with E-state index in [-0.39, 0.29) is 18.0 Å². The smallest absolute Gasteiger partial charge is 0.256 e. The largest absolute Gasteiger partial charge is 0.339 e. The van der Waals surface area contributed by atoms with E-state index in [0.717, 1.165) is 25.5 Å². The molecule has 1 N–H and O–H groups in total. The lowest BCUT2D eigenvalue weighted by Crippen LogP contribution is -2.40. The minimum Gasteiger partial charge on any atom is -0.339 e. The van der Waals surface area contributed by atoms with Gasteiger partial charge in [0.05, 0.1) is 5.56 Å². The topological polar surface area (TPSA) is 32.3 Å². The van der Waals surface area contributed by atoms with E-state index in [1.807, 2.05) is 7.05 Å². The van der Waals surface area contributed by atoms with E-state index in [1.165, 1.54) is 12.1 Å². The number of carbonyl (C=O) groups excluding carboxylic acids is 1. The molecule has 1 aliphatic rings. The Kier molecular flexibility index (Phi) is 6.36. The zero-order valence-electron chi connectivity index (χ0n) is 11.4. The molecule has 6 heteroatoms. The van der Waals surface area contributed by atoms with Crippen LogP contribution < -0.4 is 5.32 Å². The molecule has 1 aliphatic heterocycles. The van der Waals surface area contributed by atoms with Crippen LogP contribution in [0.25, 0.3) is 0 Å². The minimum absolute atomic E-state index is 0. The summed E-state index contributed by atoms with van der Waals surface area (Å²) in [5, 5.41) is 3.12. The van der Waals surface area contributed by atoms with Gasteiger partial charge in [-0.3, -0.25) is 4.79 Å². The van der Waals surface area contributed by atoms with E-state index in [4.69, 9.17) is 0 Å². The summed E-state index contributed by atoms with van der Waals surface area (Å²) >= 11 is 0. The zero-order valence-corrected chi connectivity index (χ0v) is 12.2. The number of piperidine rings is 1. The highest BCUT2D eigenvalue weighted by Crippen LogP contribution is 2.20. The predicted octanol–water partition coefficient (Wildman–Crippen LogP) is 2.46. The third-order valence-electron chi connectivity index (χ3n) is 3.58. The molecule has 3 nitrogen and oxygen atoms in total. The molecule has 0 bridgehead atoms. The van der Waals surface area contributed by atoms with Crippen molar-refractivity contribution in [1.82, 2.24) is 10.2 Å². The van der Waals surface area contributed by atoms with Crippen LogP contribution in [-0.4, -0.2) is 37.5 Å². The van der Waals surface area contributed by atoms with Crippen molar-refractivity contribution < 1.29 is 13.6 Å². The Balaban J connectivity index is 0.00000200. The first-order chi connectivity index (χ1) is 9.13. The van der Waals surface area contributed by atoms with E-state index in [1.54, 1.807) is 4.90 Å². The van der Waals surface area contributed by atoms with Gasteiger partial charge in [-0.25, -0.2) is 8.78 Å². The third kappa shape index (κ3) is 3.67. The maximum atomic E-state index is 13.6. The highest BCUT2D eigenvalue weighted by molar-refractivity contribution is 5.94. The maximum Gasteiger partial charge on any atom is 0.256 e. The van der Waals surface area contributed by atoms with Crippen LogP contribution in [0.15, 0.2) is 18.2 Å². The summed E-state index contributed by atoms with van der Waals surface area (Å²) in [5.41, 5.74) is -0.174. The summed E-state index contributed by atoms with van der Waals surface area (Å²) < 4.78 is 26.7. The van der Waals surface area contributed by atoms with Crippen molar-refractivity contribution in [2.24, 2.45) is 5.92 Å². The standard InChI is InChI=1S/C14H18F2N2O.ClH/c1-17-9-10-5-7-18(8-6-10)14(19)11-3-2-4-12(15)13(11)16;/h2-4,10,17H,5-9H2,1H3;1H. The average molecular weight is 305 g/mol. The summed E-state index contributed by atoms with van der Waals surface area (Å²) in [5.74, 6) is -1.90. The first-order valence-corrected chi connectivity index (χ1v) is 6.51. The van der Waals surface area contributed by atoms with Crippen molar-refractivity contribution in [1.29, 1.82) is 0 Å². The number of amides is 1. The van der Waals surface area contributed by atoms with Crippen molar-refractivity contribution >= 4 is 18.3 Å². The van der Waals surface area contributed by atoms with E-state index < -0.39 is 17.5 Å². The minimum atomic E-state index is -1.05. The van der Waals surface area contributed by atoms with E-state index in [9.17, 15) is 13.6 Å². The second-order valence-corrected chi connectivity index (χ2v) is 4.89. The van der Waals surface area contributed by atoms with Gasteiger partial charge in [0.25, 0.3) is 5.91 Å². The Bertz CT molecular complexity index is 462. The second-order valence-electron chi connectivity index (χ2n) is 4.89. The van der Waals surface area contributed by atoms with E-state index >= 15 is 0 Å². The number of benzene rings is 1. The second kappa shape index (κ2) is 7.55. The number of nitrogens with zero attached hydrogens (tertiary/aromatic N) is 1. The van der Waals surface area contributed by atoms with Gasteiger partial charge in [-0.1, -0.05) is 6.07 Å². The lowest BCUT2D eigenvalue weighted by Gasteiger charge is -2.32. The molecule has 1 aromatic rings. The normalized spacial score (nSPS) is 15.8. The monoisotopic (exact) mass is 304 g/mol. The number of nitrogens with one attached hydrogen (secondary N) is 1. The lowest BCUT2D eigenvalue weighted by molar-refractivity contribution is 0.0685. The van der Waals surface area contributed by atoms with Crippen molar-refractivity contribution in [2.45, 2.75) is 12.8 Å². The molecule has 2 rings (SSSR count). The number of likely N-dealkylation sites (tertiary alicyclic amines) is 1. The molecule has 0 radical (unpaired) electrons. The quantitative estimate of drug-likeness (QED) is 0.930. The van der Waals surface area contributed by atoms with Crippen LogP contribution >= 0.6 is 12.4 Å². The molecule has 1 aromatic carbocycles. The number of halogens is 3. The molecule has 1 heterocycles. The highest BCUT2D eigenvalue weighted by Gasteiger charge is 2.25. The van der Waals surface area contributed by atoms with Crippen molar-refractivity contribution in [3.8, 4) is 0 Å². The van der Waals surface area contributed by atoms with Crippen LogP contribution in [0.4, 0.5) is 8.78 Å². The van der Waals surface area contributed by atoms with E-state index in [2.05, 4.69) is 5.32 Å². The van der Waals surface area contributed by atoms with Crippen LogP contribution in [0.1, 0.15) is 23.2 Å². The predicted molar refractivity (Wildman–Crippen MR) is 76.2 cm³/mol. The summed E-state index contributed by atoms with van der Waals surface area (Å²) in [6.07, 6.45) is 1.78. The van der Waals surface area contributed by atoms with Gasteiger partial charge in [-0.2, -0.15) is 0 Å². The molecule has 0 unspecified atom stereocenters. The molecule has 0 atom stereocenters. The Morgan fingerprint density at radius 3 is 2.60 bits per heavy atom. The molecule has 1 fully saturated rings. The molecule has 0 aromatic heterocycles. The van der Waals surface area contributed by atoms with Crippen LogP contribution in [0.5, 0.6) is 0 Å². The highest BCUT2D eigenvalue weighted by atomic mass is 35.5. The molecule has 1 saturated heterocycles. The number of rotatable bonds is 3. The fourth-order valence-corrected chi connectivity index (χ4v) is 2.47. The Hall–Kier alpha value is -1.20. The number of carbonyl (C=O) groups is 1. The van der Waals surface area contributed by atoms with Gasteiger partial charge in [0.15, 0.2) is 11.6 Å². The average Bonchev–Trinajstić information content (AvgIpc) is 2.42. The van der Waals surface area contributed by atoms with Gasteiger partial charge in [0, 0.05) is 13.1 Å². The maximum absolute atomic E-state index is 13.6. The van der Waals surface area contributed by atoms with Crippen LogP contribution in [0.2, 0.25) is 0 Å². The van der Waals surface area contributed by atoms with Gasteiger partial charge in [-0.15, -0.1) is 12.4 Å². The van der Waals surface area contributed by atoms with E-state index in [0.29, 0.717) is 19.0 Å². The van der Waals surface area contributed by atoms with Gasteiger partial charge in [0.1, 0.15) is 0 Å². The Morgan fingerprint density at radius 2 is 2.00 bits per heavy atom. The first-order valence-electron chi connectivity index (χ1n) is 6.51. The molecular formula is C14H19ClF2N2O. The Morgan fingerprint density at radius 1 is 1.35 bits per heavy atom. The summed E-state index contributed by atoms with van der Waals surface area (Å²) in [6.45, 7) is 2.12. The molecule has 0 saturated carbocycles. The van der Waals surface area contributed by atoms with Gasteiger partial charge < -0.3 is 10.2 Å². The van der Waals surface area contributed by atoms with Crippen molar-refractivity contribution in [3.05, 3.63) is 35.4 Å². The van der Waals surface area contributed by atoms with Crippen LogP contribution in [0, 0.1) is 17.6 Å². The van der Waals surface area contributed by atoms with Crippen molar-refractivity contribution in [2.75, 3.05) is 26.7 Å². The zero-order chi connectivity index (χ0) is 13.8. The van der Waals surface area contributed by atoms with Gasteiger partial charge in [0.2, 0.25) is 0 Å². The Labute approximate surface area is 123 Å². The number of hydrogen-bond acceptors (Lipinski definition) is 2. The third-order valence-corrected chi connectivity index (χ3v) is 3.58.